The number of benzene rings is 1. The Kier molecular flexibility index (Phi) is 4.74. The summed E-state index contributed by atoms with van der Waals surface area (Å²) in [6, 6.07) is 11.1. The molecule has 1 aromatic heterocycles. The van der Waals surface area contributed by atoms with Crippen LogP contribution in [0.3, 0.4) is 0 Å². The number of nitrogens with zero attached hydrogens (tertiary/aromatic N) is 2. The van der Waals surface area contributed by atoms with Gasteiger partial charge in [-0.3, -0.25) is 14.6 Å². The van der Waals surface area contributed by atoms with Gasteiger partial charge in [-0.25, -0.2) is 0 Å². The fraction of sp³-hybridized carbons (Fsp3) is 0.278. The lowest BCUT2D eigenvalue weighted by Crippen LogP contribution is -2.36. The van der Waals surface area contributed by atoms with Gasteiger partial charge in [-0.15, -0.1) is 0 Å². The van der Waals surface area contributed by atoms with Gasteiger partial charge >= 0.3 is 0 Å². The van der Waals surface area contributed by atoms with Crippen LogP contribution in [0.5, 0.6) is 0 Å². The molecule has 1 aliphatic heterocycles. The smallest absolute Gasteiger partial charge is 0.253 e. The highest BCUT2D eigenvalue weighted by Gasteiger charge is 2.28. The van der Waals surface area contributed by atoms with E-state index in [4.69, 9.17) is 0 Å². The minimum atomic E-state index is -0.169. The third-order valence-corrected chi connectivity index (χ3v) is 4.05. The highest BCUT2D eigenvalue weighted by atomic mass is 16.2. The molecule has 2 heterocycles. The molecule has 1 fully saturated rings. The summed E-state index contributed by atoms with van der Waals surface area (Å²) >= 11 is 0. The molecule has 124 valence electrons. The molecule has 0 radical (unpaired) electrons. The summed E-state index contributed by atoms with van der Waals surface area (Å²) in [5.74, 6) is -0.110. The van der Waals surface area contributed by atoms with E-state index in [2.05, 4.69) is 15.6 Å². The first-order chi connectivity index (χ1) is 11.6. The minimum Gasteiger partial charge on any atom is -0.380 e. The molecule has 1 saturated heterocycles. The minimum absolute atomic E-state index is 0.0586. The van der Waals surface area contributed by atoms with Crippen molar-refractivity contribution in [1.82, 2.24) is 15.2 Å². The second-order valence-electron chi connectivity index (χ2n) is 5.91. The first-order valence-corrected chi connectivity index (χ1v) is 7.90. The van der Waals surface area contributed by atoms with Crippen LogP contribution in [-0.4, -0.2) is 41.3 Å². The van der Waals surface area contributed by atoms with Crippen LogP contribution in [0.4, 0.5) is 5.69 Å². The maximum atomic E-state index is 12.6. The molecule has 2 N–H and O–H groups in total. The molecule has 0 aliphatic carbocycles. The van der Waals surface area contributed by atoms with Crippen LogP contribution in [0.2, 0.25) is 0 Å². The summed E-state index contributed by atoms with van der Waals surface area (Å²) in [5.41, 5.74) is 2.37. The maximum absolute atomic E-state index is 12.6. The number of rotatable bonds is 5. The van der Waals surface area contributed by atoms with Gasteiger partial charge in [0.15, 0.2) is 0 Å². The number of para-hydroxylation sites is 1. The summed E-state index contributed by atoms with van der Waals surface area (Å²) in [6.45, 7) is 1.14. The summed E-state index contributed by atoms with van der Waals surface area (Å²) in [5, 5.41) is 6.22. The number of nitrogens with one attached hydrogen (secondary N) is 2. The largest absolute Gasteiger partial charge is 0.380 e. The molecule has 1 aromatic carbocycles. The zero-order valence-corrected chi connectivity index (χ0v) is 13.5. The van der Waals surface area contributed by atoms with E-state index >= 15 is 0 Å². The Bertz CT molecular complexity index is 733. The van der Waals surface area contributed by atoms with E-state index in [0.717, 1.165) is 11.3 Å². The number of carbonyl (C=O) groups is 2. The average Bonchev–Trinajstić information content (AvgIpc) is 2.91. The highest BCUT2D eigenvalue weighted by molar-refractivity contribution is 6.00. The quantitative estimate of drug-likeness (QED) is 0.877. The Morgan fingerprint density at radius 3 is 2.83 bits per heavy atom. The third kappa shape index (κ3) is 3.71. The van der Waals surface area contributed by atoms with Crippen molar-refractivity contribution in [2.24, 2.45) is 0 Å². The molecule has 1 atom stereocenters. The van der Waals surface area contributed by atoms with Crippen molar-refractivity contribution >= 4 is 17.5 Å². The number of pyridine rings is 1. The van der Waals surface area contributed by atoms with Crippen molar-refractivity contribution in [3.05, 3.63) is 59.9 Å². The van der Waals surface area contributed by atoms with Crippen molar-refractivity contribution < 1.29 is 9.59 Å². The SMILES string of the molecule is CN1CC(NC(=O)c2ccccc2NCc2cccnc2)CC1=O. The Balaban J connectivity index is 1.67. The Labute approximate surface area is 140 Å². The monoisotopic (exact) mass is 324 g/mol. The Morgan fingerprint density at radius 2 is 2.12 bits per heavy atom. The summed E-state index contributed by atoms with van der Waals surface area (Å²) < 4.78 is 0. The van der Waals surface area contributed by atoms with Crippen LogP contribution in [0.25, 0.3) is 0 Å². The second-order valence-corrected chi connectivity index (χ2v) is 5.91. The van der Waals surface area contributed by atoms with Crippen molar-refractivity contribution in [3.63, 3.8) is 0 Å². The van der Waals surface area contributed by atoms with Crippen LogP contribution in [-0.2, 0) is 11.3 Å². The van der Waals surface area contributed by atoms with Gasteiger partial charge in [-0.2, -0.15) is 0 Å². The van der Waals surface area contributed by atoms with E-state index < -0.39 is 0 Å². The van der Waals surface area contributed by atoms with Gasteiger partial charge in [0.05, 0.1) is 11.6 Å². The molecule has 0 bridgehead atoms. The number of hydrogen-bond donors (Lipinski definition) is 2. The van der Waals surface area contributed by atoms with Crippen molar-refractivity contribution in [1.29, 1.82) is 0 Å². The lowest BCUT2D eigenvalue weighted by atomic mass is 10.1. The standard InChI is InChI=1S/C18H20N4O2/c1-22-12-14(9-17(22)23)21-18(24)15-6-2-3-7-16(15)20-11-13-5-4-8-19-10-13/h2-8,10,14,20H,9,11-12H2,1H3,(H,21,24). The maximum Gasteiger partial charge on any atom is 0.253 e. The predicted molar refractivity (Wildman–Crippen MR) is 91.5 cm³/mol. The molecule has 2 aromatic rings. The van der Waals surface area contributed by atoms with E-state index in [1.165, 1.54) is 0 Å². The van der Waals surface area contributed by atoms with Crippen LogP contribution in [0.1, 0.15) is 22.3 Å². The highest BCUT2D eigenvalue weighted by Crippen LogP contribution is 2.17. The first-order valence-electron chi connectivity index (χ1n) is 7.90. The van der Waals surface area contributed by atoms with Crippen LogP contribution in [0, 0.1) is 0 Å². The van der Waals surface area contributed by atoms with E-state index in [-0.39, 0.29) is 17.9 Å². The van der Waals surface area contributed by atoms with E-state index in [9.17, 15) is 9.59 Å². The Morgan fingerprint density at radius 1 is 1.29 bits per heavy atom. The number of likely N-dealkylation sites (tertiary alicyclic amines) is 1. The third-order valence-electron chi connectivity index (χ3n) is 4.05. The molecule has 2 amide bonds. The number of likely N-dealkylation sites (N-methyl/N-ethyl adjacent to an activating group) is 1. The fourth-order valence-corrected chi connectivity index (χ4v) is 2.76. The fourth-order valence-electron chi connectivity index (χ4n) is 2.76. The van der Waals surface area contributed by atoms with Gasteiger partial charge in [-0.1, -0.05) is 18.2 Å². The van der Waals surface area contributed by atoms with Crippen LogP contribution in [0.15, 0.2) is 48.8 Å². The topological polar surface area (TPSA) is 74.3 Å². The Hall–Kier alpha value is -2.89. The van der Waals surface area contributed by atoms with Crippen LogP contribution >= 0.6 is 0 Å². The number of hydrogen-bond acceptors (Lipinski definition) is 4. The van der Waals surface area contributed by atoms with Gasteiger partial charge in [0, 0.05) is 44.6 Å². The summed E-state index contributed by atoms with van der Waals surface area (Å²) in [4.78, 5) is 29.9. The molecule has 6 nitrogen and oxygen atoms in total. The normalized spacial score (nSPS) is 17.0. The van der Waals surface area contributed by atoms with Gasteiger partial charge < -0.3 is 15.5 Å². The van der Waals surface area contributed by atoms with E-state index in [1.54, 1.807) is 30.4 Å². The van der Waals surface area contributed by atoms with Gasteiger partial charge in [0.2, 0.25) is 5.91 Å². The molecular formula is C18H20N4O2. The molecule has 3 rings (SSSR count). The number of aromatic nitrogens is 1. The molecule has 0 spiro atoms. The summed E-state index contributed by atoms with van der Waals surface area (Å²) in [6.07, 6.45) is 3.87. The first kappa shape index (κ1) is 16.0. The number of carbonyl (C=O) groups excluding carboxylic acids is 2. The lowest BCUT2D eigenvalue weighted by Gasteiger charge is -2.15. The zero-order chi connectivity index (χ0) is 16.9. The van der Waals surface area contributed by atoms with Gasteiger partial charge in [0.1, 0.15) is 0 Å². The lowest BCUT2D eigenvalue weighted by molar-refractivity contribution is -0.126. The number of anilines is 1. The molecule has 24 heavy (non-hydrogen) atoms. The zero-order valence-electron chi connectivity index (χ0n) is 13.5. The van der Waals surface area contributed by atoms with Gasteiger partial charge in [0.25, 0.3) is 5.91 Å². The second kappa shape index (κ2) is 7.12. The molecule has 0 saturated carbocycles. The van der Waals surface area contributed by atoms with Crippen LogP contribution < -0.4 is 10.6 Å². The molecule has 1 unspecified atom stereocenters. The number of amides is 2. The van der Waals surface area contributed by atoms with Crippen molar-refractivity contribution in [2.75, 3.05) is 18.9 Å². The van der Waals surface area contributed by atoms with Crippen molar-refractivity contribution in [2.45, 2.75) is 19.0 Å². The van der Waals surface area contributed by atoms with E-state index in [0.29, 0.717) is 25.1 Å². The molecular weight excluding hydrogens is 304 g/mol. The van der Waals surface area contributed by atoms with Gasteiger partial charge in [-0.05, 0) is 23.8 Å². The molecule has 6 heteroatoms. The molecule has 1 aliphatic rings. The predicted octanol–water partition coefficient (Wildman–Crippen LogP) is 1.65. The average molecular weight is 324 g/mol. The summed E-state index contributed by atoms with van der Waals surface area (Å²) in [7, 11) is 1.75. The van der Waals surface area contributed by atoms with Crippen molar-refractivity contribution in [3.8, 4) is 0 Å². The van der Waals surface area contributed by atoms with E-state index in [1.807, 2.05) is 30.3 Å².